The molecule has 0 saturated carbocycles. The summed E-state index contributed by atoms with van der Waals surface area (Å²) in [6.07, 6.45) is 3.35. The number of isocyanates is 1. The highest BCUT2D eigenvalue weighted by molar-refractivity contribution is 5.33. The number of rotatable bonds is 5. The lowest BCUT2D eigenvalue weighted by Crippen LogP contribution is -1.99. The van der Waals surface area contributed by atoms with Gasteiger partial charge in [-0.05, 0) is 37.5 Å². The lowest BCUT2D eigenvalue weighted by molar-refractivity contribution is 0.414. The fraction of sp³-hybridized carbons (Fsp3) is 0.417. The topological polar surface area (TPSA) is 38.7 Å². The fourth-order valence-electron chi connectivity index (χ4n) is 1.32. The first kappa shape index (κ1) is 11.5. The molecule has 3 heteroatoms. The van der Waals surface area contributed by atoms with Gasteiger partial charge in [0.15, 0.2) is 0 Å². The molecule has 0 aliphatic rings. The fourth-order valence-corrected chi connectivity index (χ4v) is 1.32. The Morgan fingerprint density at radius 2 is 2.07 bits per heavy atom. The predicted molar refractivity (Wildman–Crippen MR) is 58.9 cm³/mol. The third kappa shape index (κ3) is 3.96. The third-order valence-corrected chi connectivity index (χ3v) is 2.28. The van der Waals surface area contributed by atoms with Crippen LogP contribution < -0.4 is 4.74 Å². The van der Waals surface area contributed by atoms with Crippen LogP contribution in [0, 0.1) is 0 Å². The zero-order valence-corrected chi connectivity index (χ0v) is 9.06. The van der Waals surface area contributed by atoms with Crippen molar-refractivity contribution < 1.29 is 9.53 Å². The SMILES string of the molecule is COc1ccc(CCC(C)N=C=O)cc1. The maximum atomic E-state index is 10.0. The second-order valence-electron chi connectivity index (χ2n) is 3.46. The molecule has 1 unspecified atom stereocenters. The number of benzene rings is 1. The van der Waals surface area contributed by atoms with E-state index in [9.17, 15) is 4.79 Å². The number of hydrogen-bond donors (Lipinski definition) is 0. The van der Waals surface area contributed by atoms with Crippen LogP contribution in [0.25, 0.3) is 0 Å². The van der Waals surface area contributed by atoms with Crippen molar-refractivity contribution in [3.63, 3.8) is 0 Å². The zero-order valence-electron chi connectivity index (χ0n) is 9.06. The Bertz CT molecular complexity index is 339. The average Bonchev–Trinajstić information content (AvgIpc) is 2.27. The molecular formula is C12H15NO2. The number of hydrogen-bond acceptors (Lipinski definition) is 3. The molecule has 80 valence electrons. The predicted octanol–water partition coefficient (Wildman–Crippen LogP) is 2.35. The summed E-state index contributed by atoms with van der Waals surface area (Å²) in [5.41, 5.74) is 1.23. The van der Waals surface area contributed by atoms with Gasteiger partial charge in [0.05, 0.1) is 13.2 Å². The van der Waals surface area contributed by atoms with E-state index in [1.54, 1.807) is 13.2 Å². The first-order valence-corrected chi connectivity index (χ1v) is 4.96. The molecule has 0 aliphatic heterocycles. The van der Waals surface area contributed by atoms with Crippen LogP contribution in [0.4, 0.5) is 0 Å². The molecule has 0 fully saturated rings. The van der Waals surface area contributed by atoms with Crippen LogP contribution in [0.1, 0.15) is 18.9 Å². The maximum Gasteiger partial charge on any atom is 0.235 e. The van der Waals surface area contributed by atoms with Crippen molar-refractivity contribution in [2.24, 2.45) is 4.99 Å². The van der Waals surface area contributed by atoms with Crippen LogP contribution in [0.2, 0.25) is 0 Å². The Morgan fingerprint density at radius 3 is 2.60 bits per heavy atom. The molecule has 3 nitrogen and oxygen atoms in total. The Morgan fingerprint density at radius 1 is 1.40 bits per heavy atom. The number of aliphatic imine (C=N–C) groups is 1. The van der Waals surface area contributed by atoms with Gasteiger partial charge in [-0.3, -0.25) is 0 Å². The highest BCUT2D eigenvalue weighted by atomic mass is 16.5. The molecule has 1 aromatic rings. The zero-order chi connectivity index (χ0) is 11.1. The van der Waals surface area contributed by atoms with E-state index in [2.05, 4.69) is 4.99 Å². The molecule has 0 radical (unpaired) electrons. The maximum absolute atomic E-state index is 10.0. The van der Waals surface area contributed by atoms with Crippen molar-refractivity contribution in [3.05, 3.63) is 29.8 Å². The summed E-state index contributed by atoms with van der Waals surface area (Å²) in [5.74, 6) is 0.859. The van der Waals surface area contributed by atoms with Gasteiger partial charge in [0.2, 0.25) is 6.08 Å². The van der Waals surface area contributed by atoms with E-state index in [1.165, 1.54) is 5.56 Å². The van der Waals surface area contributed by atoms with Crippen molar-refractivity contribution in [2.75, 3.05) is 7.11 Å². The summed E-state index contributed by atoms with van der Waals surface area (Å²) in [6, 6.07) is 7.96. The van der Waals surface area contributed by atoms with Crippen LogP contribution in [0.15, 0.2) is 29.3 Å². The summed E-state index contributed by atoms with van der Waals surface area (Å²) in [5, 5.41) is 0. The Labute approximate surface area is 89.8 Å². The van der Waals surface area contributed by atoms with Crippen molar-refractivity contribution in [3.8, 4) is 5.75 Å². The lowest BCUT2D eigenvalue weighted by atomic mass is 10.1. The Balaban J connectivity index is 2.47. The second kappa shape index (κ2) is 5.99. The van der Waals surface area contributed by atoms with Crippen LogP contribution in [-0.2, 0) is 11.2 Å². The number of methoxy groups -OCH3 is 1. The van der Waals surface area contributed by atoms with Gasteiger partial charge in [-0.15, -0.1) is 0 Å². The molecule has 0 saturated heterocycles. The quantitative estimate of drug-likeness (QED) is 0.546. The summed E-state index contributed by atoms with van der Waals surface area (Å²) in [6.45, 7) is 1.91. The Hall–Kier alpha value is -1.60. The molecule has 0 amide bonds. The van der Waals surface area contributed by atoms with Gasteiger partial charge >= 0.3 is 0 Å². The summed E-state index contributed by atoms with van der Waals surface area (Å²) in [4.78, 5) is 13.6. The van der Waals surface area contributed by atoms with Gasteiger partial charge in [-0.2, -0.15) is 0 Å². The molecule has 1 aromatic carbocycles. The van der Waals surface area contributed by atoms with Crippen LogP contribution >= 0.6 is 0 Å². The van der Waals surface area contributed by atoms with Gasteiger partial charge in [0.25, 0.3) is 0 Å². The van der Waals surface area contributed by atoms with E-state index in [0.29, 0.717) is 0 Å². The number of nitrogens with zero attached hydrogens (tertiary/aromatic N) is 1. The van der Waals surface area contributed by atoms with Gasteiger partial charge in [0, 0.05) is 0 Å². The highest BCUT2D eigenvalue weighted by Crippen LogP contribution is 2.13. The molecule has 0 N–H and O–H groups in total. The molecule has 0 spiro atoms. The minimum Gasteiger partial charge on any atom is -0.497 e. The molecule has 0 aliphatic carbocycles. The van der Waals surface area contributed by atoms with Gasteiger partial charge in [0.1, 0.15) is 5.75 Å². The van der Waals surface area contributed by atoms with E-state index < -0.39 is 0 Å². The molecule has 1 atom stereocenters. The minimum absolute atomic E-state index is 0.0459. The van der Waals surface area contributed by atoms with Gasteiger partial charge in [-0.1, -0.05) is 12.1 Å². The average molecular weight is 205 g/mol. The van der Waals surface area contributed by atoms with Crippen molar-refractivity contribution >= 4 is 6.08 Å². The van der Waals surface area contributed by atoms with E-state index >= 15 is 0 Å². The second-order valence-corrected chi connectivity index (χ2v) is 3.46. The molecule has 1 rings (SSSR count). The van der Waals surface area contributed by atoms with Crippen molar-refractivity contribution in [1.29, 1.82) is 0 Å². The number of ether oxygens (including phenoxy) is 1. The van der Waals surface area contributed by atoms with Crippen LogP contribution in [-0.4, -0.2) is 19.2 Å². The monoisotopic (exact) mass is 205 g/mol. The summed E-state index contributed by atoms with van der Waals surface area (Å²) >= 11 is 0. The van der Waals surface area contributed by atoms with E-state index in [1.807, 2.05) is 31.2 Å². The highest BCUT2D eigenvalue weighted by Gasteiger charge is 2.00. The van der Waals surface area contributed by atoms with Gasteiger partial charge < -0.3 is 4.74 Å². The Kier molecular flexibility index (Phi) is 4.58. The number of aryl methyl sites for hydroxylation is 1. The largest absolute Gasteiger partial charge is 0.497 e. The van der Waals surface area contributed by atoms with Crippen LogP contribution in [0.5, 0.6) is 5.75 Å². The minimum atomic E-state index is 0.0459. The summed E-state index contributed by atoms with van der Waals surface area (Å²) < 4.78 is 5.06. The van der Waals surface area contributed by atoms with E-state index in [-0.39, 0.29) is 6.04 Å². The first-order valence-electron chi connectivity index (χ1n) is 4.96. The van der Waals surface area contributed by atoms with Crippen LogP contribution in [0.3, 0.4) is 0 Å². The third-order valence-electron chi connectivity index (χ3n) is 2.28. The van der Waals surface area contributed by atoms with E-state index in [0.717, 1.165) is 18.6 Å². The molecule has 0 bridgehead atoms. The van der Waals surface area contributed by atoms with Gasteiger partial charge in [-0.25, -0.2) is 9.79 Å². The molecule has 0 aromatic heterocycles. The standard InChI is InChI=1S/C12H15NO2/c1-10(13-9-14)3-4-11-5-7-12(15-2)8-6-11/h5-8,10H,3-4H2,1-2H3. The van der Waals surface area contributed by atoms with Crippen molar-refractivity contribution in [1.82, 2.24) is 0 Å². The van der Waals surface area contributed by atoms with Crippen molar-refractivity contribution in [2.45, 2.75) is 25.8 Å². The normalized spacial score (nSPS) is 11.6. The molecule has 15 heavy (non-hydrogen) atoms. The summed E-state index contributed by atoms with van der Waals surface area (Å²) in [7, 11) is 1.65. The number of carbonyl (C=O) groups excluding carboxylic acids is 1. The lowest BCUT2D eigenvalue weighted by Gasteiger charge is -2.05. The first-order chi connectivity index (χ1) is 7.26. The van der Waals surface area contributed by atoms with E-state index in [4.69, 9.17) is 4.74 Å². The smallest absolute Gasteiger partial charge is 0.235 e. The molecular weight excluding hydrogens is 190 g/mol. The molecule has 0 heterocycles.